The van der Waals surface area contributed by atoms with Crippen molar-refractivity contribution in [1.29, 1.82) is 0 Å². The summed E-state index contributed by atoms with van der Waals surface area (Å²) in [5.41, 5.74) is 2.59. The number of hydrogen-bond donors (Lipinski definition) is 2. The minimum absolute atomic E-state index is 0.00374. The summed E-state index contributed by atoms with van der Waals surface area (Å²) in [6, 6.07) is 15.7. The predicted octanol–water partition coefficient (Wildman–Crippen LogP) is 7.57. The number of benzene rings is 2. The van der Waals surface area contributed by atoms with Crippen molar-refractivity contribution in [3.63, 3.8) is 0 Å². The molecule has 0 spiro atoms. The lowest BCUT2D eigenvalue weighted by molar-refractivity contribution is 0.140. The van der Waals surface area contributed by atoms with Crippen LogP contribution in [-0.4, -0.2) is 10.2 Å². The average molecular weight is 407 g/mol. The van der Waals surface area contributed by atoms with Crippen LogP contribution in [0.1, 0.15) is 88.7 Å². The Morgan fingerprint density at radius 2 is 1.17 bits per heavy atom. The molecule has 30 heavy (non-hydrogen) atoms. The standard InChI is InChI=1S/C28H38O2/c1-2-3-4-21-5-7-22(8-6-21)23-17-19-28(20-18-23,24-9-13-26(29)14-10-24)25-11-15-27(30)16-12-25/h9-16,21-23,29-30H,2-8,17-20H2,1H3. The van der Waals surface area contributed by atoms with Gasteiger partial charge in [-0.15, -0.1) is 0 Å². The molecule has 0 aliphatic heterocycles. The molecule has 0 radical (unpaired) electrons. The molecule has 2 aliphatic rings. The highest BCUT2D eigenvalue weighted by atomic mass is 16.3. The van der Waals surface area contributed by atoms with E-state index in [1.807, 2.05) is 24.3 Å². The average Bonchev–Trinajstić information content (AvgIpc) is 2.79. The monoisotopic (exact) mass is 406 g/mol. The zero-order valence-corrected chi connectivity index (χ0v) is 18.5. The van der Waals surface area contributed by atoms with Crippen LogP contribution >= 0.6 is 0 Å². The number of aromatic hydroxyl groups is 2. The molecule has 0 amide bonds. The zero-order valence-electron chi connectivity index (χ0n) is 18.5. The highest BCUT2D eigenvalue weighted by molar-refractivity contribution is 5.43. The highest BCUT2D eigenvalue weighted by Crippen LogP contribution is 2.50. The fourth-order valence-corrected chi connectivity index (χ4v) is 6.35. The zero-order chi connectivity index (χ0) is 21.0. The first kappa shape index (κ1) is 21.3. The molecule has 2 saturated carbocycles. The predicted molar refractivity (Wildman–Crippen MR) is 124 cm³/mol. The quantitative estimate of drug-likeness (QED) is 0.519. The van der Waals surface area contributed by atoms with Crippen molar-refractivity contribution in [2.24, 2.45) is 17.8 Å². The summed E-state index contributed by atoms with van der Waals surface area (Å²) >= 11 is 0. The molecule has 2 N–H and O–H groups in total. The fraction of sp³-hybridized carbons (Fsp3) is 0.571. The summed E-state index contributed by atoms with van der Waals surface area (Å²) in [4.78, 5) is 0. The largest absolute Gasteiger partial charge is 0.508 e. The Bertz CT molecular complexity index is 729. The van der Waals surface area contributed by atoms with E-state index in [2.05, 4.69) is 31.2 Å². The van der Waals surface area contributed by atoms with Gasteiger partial charge < -0.3 is 10.2 Å². The van der Waals surface area contributed by atoms with Crippen molar-refractivity contribution in [1.82, 2.24) is 0 Å². The molecule has 0 unspecified atom stereocenters. The highest BCUT2D eigenvalue weighted by Gasteiger charge is 2.40. The summed E-state index contributed by atoms with van der Waals surface area (Å²) < 4.78 is 0. The molecule has 2 aliphatic carbocycles. The molecule has 2 aromatic carbocycles. The van der Waals surface area contributed by atoms with Gasteiger partial charge in [-0.05, 0) is 91.7 Å². The molecular formula is C28H38O2. The van der Waals surface area contributed by atoms with Gasteiger partial charge in [0.15, 0.2) is 0 Å². The van der Waals surface area contributed by atoms with Gasteiger partial charge in [0.05, 0.1) is 0 Å². The lowest BCUT2D eigenvalue weighted by Crippen LogP contribution is -2.35. The molecule has 0 aromatic heterocycles. The Balaban J connectivity index is 1.47. The smallest absolute Gasteiger partial charge is 0.115 e. The van der Waals surface area contributed by atoms with Gasteiger partial charge in [0, 0.05) is 5.41 Å². The van der Waals surface area contributed by atoms with Crippen LogP contribution in [0.3, 0.4) is 0 Å². The second kappa shape index (κ2) is 9.45. The summed E-state index contributed by atoms with van der Waals surface area (Å²) in [6.07, 6.45) is 14.8. The van der Waals surface area contributed by atoms with E-state index >= 15 is 0 Å². The lowest BCUT2D eigenvalue weighted by atomic mass is 9.60. The van der Waals surface area contributed by atoms with E-state index in [0.717, 1.165) is 30.6 Å². The third kappa shape index (κ3) is 4.53. The molecule has 2 heteroatoms. The van der Waals surface area contributed by atoms with Crippen molar-refractivity contribution in [3.05, 3.63) is 59.7 Å². The van der Waals surface area contributed by atoms with Crippen LogP contribution in [0.4, 0.5) is 0 Å². The third-order valence-corrected chi connectivity index (χ3v) is 8.25. The Morgan fingerprint density at radius 1 is 0.700 bits per heavy atom. The maximum absolute atomic E-state index is 9.80. The molecule has 0 heterocycles. The van der Waals surface area contributed by atoms with Gasteiger partial charge in [0.1, 0.15) is 11.5 Å². The van der Waals surface area contributed by atoms with Gasteiger partial charge in [-0.2, -0.15) is 0 Å². The molecule has 2 aromatic rings. The molecule has 162 valence electrons. The first-order chi connectivity index (χ1) is 14.6. The molecule has 0 saturated heterocycles. The second-order valence-corrected chi connectivity index (χ2v) is 9.94. The molecule has 0 atom stereocenters. The normalized spacial score (nSPS) is 24.6. The van der Waals surface area contributed by atoms with Gasteiger partial charge >= 0.3 is 0 Å². The topological polar surface area (TPSA) is 40.5 Å². The van der Waals surface area contributed by atoms with Gasteiger partial charge in [-0.1, -0.05) is 63.3 Å². The van der Waals surface area contributed by atoms with Crippen LogP contribution in [0.15, 0.2) is 48.5 Å². The Kier molecular flexibility index (Phi) is 6.71. The maximum Gasteiger partial charge on any atom is 0.115 e. The van der Waals surface area contributed by atoms with Crippen molar-refractivity contribution in [2.45, 2.75) is 83.0 Å². The van der Waals surface area contributed by atoms with Crippen LogP contribution in [0.25, 0.3) is 0 Å². The van der Waals surface area contributed by atoms with E-state index in [4.69, 9.17) is 0 Å². The molecule has 2 fully saturated rings. The summed E-state index contributed by atoms with van der Waals surface area (Å²) in [7, 11) is 0. The van der Waals surface area contributed by atoms with E-state index < -0.39 is 0 Å². The number of hydrogen-bond acceptors (Lipinski definition) is 2. The van der Waals surface area contributed by atoms with Crippen molar-refractivity contribution >= 4 is 0 Å². The van der Waals surface area contributed by atoms with Crippen molar-refractivity contribution in [3.8, 4) is 11.5 Å². The summed E-state index contributed by atoms with van der Waals surface area (Å²) in [5, 5.41) is 19.6. The Hall–Kier alpha value is -1.96. The van der Waals surface area contributed by atoms with Crippen LogP contribution in [0.5, 0.6) is 11.5 Å². The number of rotatable bonds is 6. The third-order valence-electron chi connectivity index (χ3n) is 8.25. The van der Waals surface area contributed by atoms with Gasteiger partial charge in [-0.3, -0.25) is 0 Å². The molecule has 4 rings (SSSR count). The molecular weight excluding hydrogens is 368 g/mol. The molecule has 2 nitrogen and oxygen atoms in total. The van der Waals surface area contributed by atoms with Crippen LogP contribution in [0, 0.1) is 17.8 Å². The number of phenols is 2. The van der Waals surface area contributed by atoms with Crippen molar-refractivity contribution < 1.29 is 10.2 Å². The van der Waals surface area contributed by atoms with E-state index in [1.54, 1.807) is 0 Å². The SMILES string of the molecule is CCCCC1CCC(C2CCC(c3ccc(O)cc3)(c3ccc(O)cc3)CC2)CC1. The second-order valence-electron chi connectivity index (χ2n) is 9.94. The van der Waals surface area contributed by atoms with Gasteiger partial charge in [0.2, 0.25) is 0 Å². The minimum atomic E-state index is -0.00374. The van der Waals surface area contributed by atoms with Gasteiger partial charge in [0.25, 0.3) is 0 Å². The minimum Gasteiger partial charge on any atom is -0.508 e. The van der Waals surface area contributed by atoms with E-state index in [1.165, 1.54) is 68.9 Å². The van der Waals surface area contributed by atoms with Crippen LogP contribution < -0.4 is 0 Å². The van der Waals surface area contributed by atoms with Gasteiger partial charge in [-0.25, -0.2) is 0 Å². The van der Waals surface area contributed by atoms with Crippen LogP contribution in [-0.2, 0) is 5.41 Å². The Morgan fingerprint density at radius 3 is 1.63 bits per heavy atom. The first-order valence-electron chi connectivity index (χ1n) is 12.2. The lowest BCUT2D eigenvalue weighted by Gasteiger charge is -2.44. The van der Waals surface area contributed by atoms with E-state index in [9.17, 15) is 10.2 Å². The fourth-order valence-electron chi connectivity index (χ4n) is 6.35. The summed E-state index contributed by atoms with van der Waals surface area (Å²) in [6.45, 7) is 2.31. The number of unbranched alkanes of at least 4 members (excludes halogenated alkanes) is 1. The Labute approximate surface area is 182 Å². The van der Waals surface area contributed by atoms with E-state index in [0.29, 0.717) is 11.5 Å². The first-order valence-corrected chi connectivity index (χ1v) is 12.2. The van der Waals surface area contributed by atoms with E-state index in [-0.39, 0.29) is 5.41 Å². The number of phenolic OH excluding ortho intramolecular Hbond substituents is 2. The molecule has 0 bridgehead atoms. The van der Waals surface area contributed by atoms with Crippen LogP contribution in [0.2, 0.25) is 0 Å². The van der Waals surface area contributed by atoms with Crippen molar-refractivity contribution in [2.75, 3.05) is 0 Å². The maximum atomic E-state index is 9.80. The summed E-state index contributed by atoms with van der Waals surface area (Å²) in [5.74, 6) is 3.42.